The second-order valence-corrected chi connectivity index (χ2v) is 5.48. The van der Waals surface area contributed by atoms with Crippen molar-refractivity contribution >= 4 is 43.4 Å². The molecule has 15 heavy (non-hydrogen) atoms. The lowest BCUT2D eigenvalue weighted by atomic mass is 10.2. The van der Waals surface area contributed by atoms with Crippen molar-refractivity contribution in [3.05, 3.63) is 26.6 Å². The lowest BCUT2D eigenvalue weighted by molar-refractivity contribution is 0.872. The van der Waals surface area contributed by atoms with E-state index in [1.807, 2.05) is 32.9 Å². The molecule has 82 valence electrons. The number of halogens is 2. The maximum absolute atomic E-state index is 5.83. The lowest BCUT2D eigenvalue weighted by Gasteiger charge is -2.07. The molecule has 0 aromatic heterocycles. The van der Waals surface area contributed by atoms with Crippen molar-refractivity contribution in [2.75, 3.05) is 0 Å². The van der Waals surface area contributed by atoms with E-state index in [-0.39, 0.29) is 5.92 Å². The maximum Gasteiger partial charge on any atom is 0.102 e. The van der Waals surface area contributed by atoms with Gasteiger partial charge in [0.05, 0.1) is 5.69 Å². The van der Waals surface area contributed by atoms with E-state index in [9.17, 15) is 0 Å². The quantitative estimate of drug-likeness (QED) is 0.640. The number of aliphatic imine (C=N–C) groups is 1. The van der Waals surface area contributed by atoms with Crippen LogP contribution in [0, 0.1) is 12.8 Å². The van der Waals surface area contributed by atoms with Crippen molar-refractivity contribution in [1.82, 2.24) is 0 Å². The molecule has 2 nitrogen and oxygen atoms in total. The van der Waals surface area contributed by atoms with Crippen LogP contribution in [0.5, 0.6) is 0 Å². The maximum atomic E-state index is 5.83. The molecule has 1 rings (SSSR count). The Morgan fingerprint density at radius 3 is 2.13 bits per heavy atom. The van der Waals surface area contributed by atoms with Gasteiger partial charge in [-0.15, -0.1) is 0 Å². The Labute approximate surface area is 107 Å². The molecule has 0 aliphatic carbocycles. The summed E-state index contributed by atoms with van der Waals surface area (Å²) >= 11 is 6.97. The van der Waals surface area contributed by atoms with Crippen molar-refractivity contribution < 1.29 is 0 Å². The summed E-state index contributed by atoms with van der Waals surface area (Å²) in [7, 11) is 0. The van der Waals surface area contributed by atoms with Gasteiger partial charge in [-0.05, 0) is 56.5 Å². The first-order valence-corrected chi connectivity index (χ1v) is 6.30. The van der Waals surface area contributed by atoms with Crippen molar-refractivity contribution in [3.63, 3.8) is 0 Å². The zero-order chi connectivity index (χ0) is 11.6. The van der Waals surface area contributed by atoms with Crippen LogP contribution in [-0.4, -0.2) is 5.84 Å². The zero-order valence-electron chi connectivity index (χ0n) is 9.01. The van der Waals surface area contributed by atoms with Crippen LogP contribution in [0.25, 0.3) is 0 Å². The van der Waals surface area contributed by atoms with Gasteiger partial charge in [-0.2, -0.15) is 0 Å². The molecular formula is C11H14Br2N2. The van der Waals surface area contributed by atoms with Gasteiger partial charge in [0, 0.05) is 14.9 Å². The van der Waals surface area contributed by atoms with Crippen molar-refractivity contribution in [2.24, 2.45) is 16.6 Å². The first kappa shape index (κ1) is 12.7. The van der Waals surface area contributed by atoms with Crippen LogP contribution in [0.1, 0.15) is 19.4 Å². The zero-order valence-corrected chi connectivity index (χ0v) is 12.2. The molecule has 0 fully saturated rings. The molecule has 0 atom stereocenters. The third-order valence-electron chi connectivity index (χ3n) is 1.99. The highest BCUT2D eigenvalue weighted by molar-refractivity contribution is 9.11. The lowest BCUT2D eigenvalue weighted by Crippen LogP contribution is -2.18. The van der Waals surface area contributed by atoms with Crippen molar-refractivity contribution in [2.45, 2.75) is 20.8 Å². The molecule has 1 aromatic rings. The summed E-state index contributed by atoms with van der Waals surface area (Å²) in [6.07, 6.45) is 0. The molecule has 4 heteroatoms. The second-order valence-electron chi connectivity index (χ2n) is 3.77. The van der Waals surface area contributed by atoms with Crippen LogP contribution in [0.15, 0.2) is 26.1 Å². The molecule has 0 heterocycles. The number of amidine groups is 1. The molecule has 0 aliphatic rings. The number of nitrogens with two attached hydrogens (primary N) is 1. The highest BCUT2D eigenvalue weighted by atomic mass is 79.9. The van der Waals surface area contributed by atoms with Gasteiger partial charge < -0.3 is 5.73 Å². The largest absolute Gasteiger partial charge is 0.387 e. The van der Waals surface area contributed by atoms with Crippen LogP contribution in [0.3, 0.4) is 0 Å². The average Bonchev–Trinajstić information content (AvgIpc) is 2.10. The smallest absolute Gasteiger partial charge is 0.102 e. The Kier molecular flexibility index (Phi) is 4.34. The van der Waals surface area contributed by atoms with Crippen LogP contribution < -0.4 is 5.73 Å². The van der Waals surface area contributed by atoms with Gasteiger partial charge in [-0.3, -0.25) is 0 Å². The monoisotopic (exact) mass is 332 g/mol. The number of hydrogen-bond donors (Lipinski definition) is 1. The predicted octanol–water partition coefficient (Wildman–Crippen LogP) is 4.16. The molecule has 1 aromatic carbocycles. The number of benzene rings is 1. The van der Waals surface area contributed by atoms with Crippen LogP contribution in [0.4, 0.5) is 5.69 Å². The van der Waals surface area contributed by atoms with Gasteiger partial charge in [0.1, 0.15) is 5.84 Å². The van der Waals surface area contributed by atoms with E-state index < -0.39 is 0 Å². The third-order valence-corrected chi connectivity index (χ3v) is 3.20. The fourth-order valence-corrected chi connectivity index (χ4v) is 2.65. The summed E-state index contributed by atoms with van der Waals surface area (Å²) in [5.74, 6) is 0.894. The van der Waals surface area contributed by atoms with Gasteiger partial charge in [0.2, 0.25) is 0 Å². The highest BCUT2D eigenvalue weighted by Gasteiger charge is 2.07. The minimum absolute atomic E-state index is 0.255. The number of rotatable bonds is 2. The standard InChI is InChI=1S/C11H14Br2N2/c1-6(2)11(14)15-10-8(12)4-7(3)5-9(10)13/h4-6H,1-3H3,(H2,14,15). The van der Waals surface area contributed by atoms with E-state index in [0.717, 1.165) is 14.6 Å². The van der Waals surface area contributed by atoms with Crippen molar-refractivity contribution in [1.29, 1.82) is 0 Å². The van der Waals surface area contributed by atoms with Crippen LogP contribution >= 0.6 is 31.9 Å². The molecule has 0 amide bonds. The van der Waals surface area contributed by atoms with Gasteiger partial charge in [0.25, 0.3) is 0 Å². The molecule has 0 aliphatic heterocycles. The Bertz CT molecular complexity index is 375. The van der Waals surface area contributed by atoms with E-state index in [4.69, 9.17) is 5.73 Å². The fraction of sp³-hybridized carbons (Fsp3) is 0.364. The first-order valence-electron chi connectivity index (χ1n) is 4.71. The molecule has 0 spiro atoms. The SMILES string of the molecule is Cc1cc(Br)c(N=C(N)C(C)C)c(Br)c1. The van der Waals surface area contributed by atoms with Crippen molar-refractivity contribution in [3.8, 4) is 0 Å². The van der Waals surface area contributed by atoms with Crippen LogP contribution in [0.2, 0.25) is 0 Å². The van der Waals surface area contributed by atoms with E-state index in [1.165, 1.54) is 5.56 Å². The van der Waals surface area contributed by atoms with Crippen LogP contribution in [-0.2, 0) is 0 Å². The Morgan fingerprint density at radius 1 is 1.27 bits per heavy atom. The second kappa shape index (κ2) is 5.12. The van der Waals surface area contributed by atoms with Gasteiger partial charge in [-0.25, -0.2) is 4.99 Å². The fourth-order valence-electron chi connectivity index (χ4n) is 1.06. The molecule has 0 saturated heterocycles. The molecule has 0 unspecified atom stereocenters. The molecular weight excluding hydrogens is 320 g/mol. The Hall–Kier alpha value is -0.350. The highest BCUT2D eigenvalue weighted by Crippen LogP contribution is 2.34. The summed E-state index contributed by atoms with van der Waals surface area (Å²) in [5.41, 5.74) is 7.86. The number of aryl methyl sites for hydroxylation is 1. The Morgan fingerprint density at radius 2 is 1.73 bits per heavy atom. The van der Waals surface area contributed by atoms with E-state index >= 15 is 0 Å². The van der Waals surface area contributed by atoms with E-state index in [2.05, 4.69) is 36.9 Å². The Balaban J connectivity index is 3.21. The van der Waals surface area contributed by atoms with Gasteiger partial charge >= 0.3 is 0 Å². The topological polar surface area (TPSA) is 38.4 Å². The van der Waals surface area contributed by atoms with E-state index in [1.54, 1.807) is 0 Å². The average molecular weight is 334 g/mol. The van der Waals surface area contributed by atoms with E-state index in [0.29, 0.717) is 5.84 Å². The molecule has 0 radical (unpaired) electrons. The normalized spacial score (nSPS) is 12.3. The summed E-state index contributed by atoms with van der Waals surface area (Å²) in [6.45, 7) is 6.08. The minimum atomic E-state index is 0.255. The third kappa shape index (κ3) is 3.31. The summed E-state index contributed by atoms with van der Waals surface area (Å²) < 4.78 is 1.91. The minimum Gasteiger partial charge on any atom is -0.387 e. The predicted molar refractivity (Wildman–Crippen MR) is 72.7 cm³/mol. The number of hydrogen-bond acceptors (Lipinski definition) is 1. The van der Waals surface area contributed by atoms with Gasteiger partial charge in [0.15, 0.2) is 0 Å². The number of nitrogens with zero attached hydrogens (tertiary/aromatic N) is 1. The molecule has 0 bridgehead atoms. The molecule has 0 saturated carbocycles. The summed E-state index contributed by atoms with van der Waals surface area (Å²) in [6, 6.07) is 4.05. The summed E-state index contributed by atoms with van der Waals surface area (Å²) in [4.78, 5) is 4.40. The first-order chi connectivity index (χ1) is 6.91. The molecule has 2 N–H and O–H groups in total. The summed E-state index contributed by atoms with van der Waals surface area (Å²) in [5, 5.41) is 0. The van der Waals surface area contributed by atoms with Gasteiger partial charge in [-0.1, -0.05) is 13.8 Å².